The Labute approximate surface area is 275 Å². The van der Waals surface area contributed by atoms with Crippen molar-refractivity contribution in [2.24, 2.45) is 0 Å². The zero-order valence-corrected chi connectivity index (χ0v) is 26.6. The van der Waals surface area contributed by atoms with Crippen LogP contribution in [0.5, 0.6) is 0 Å². The average molecular weight is 603 g/mol. The molecule has 0 N–H and O–H groups in total. The van der Waals surface area contributed by atoms with Crippen molar-refractivity contribution >= 4 is 38.9 Å². The van der Waals surface area contributed by atoms with E-state index in [1.807, 2.05) is 0 Å². The van der Waals surface area contributed by atoms with Crippen LogP contribution in [0.15, 0.2) is 170 Å². The number of rotatable bonds is 5. The van der Waals surface area contributed by atoms with Crippen LogP contribution < -0.4 is 4.90 Å². The minimum atomic E-state index is -0.0974. The first-order valence-electron chi connectivity index (χ1n) is 16.4. The highest BCUT2D eigenvalue weighted by Crippen LogP contribution is 2.51. The third-order valence-corrected chi connectivity index (χ3v) is 9.98. The molecule has 9 rings (SSSR count). The molecule has 8 aromatic rings. The zero-order chi connectivity index (χ0) is 31.5. The monoisotopic (exact) mass is 602 g/mol. The van der Waals surface area contributed by atoms with E-state index in [0.29, 0.717) is 0 Å². The summed E-state index contributed by atoms with van der Waals surface area (Å²) in [5, 5.41) is 2.47. The number of nitrogens with zero attached hydrogens (tertiary/aromatic N) is 2. The van der Waals surface area contributed by atoms with Gasteiger partial charge < -0.3 is 9.47 Å². The van der Waals surface area contributed by atoms with E-state index >= 15 is 0 Å². The maximum Gasteiger partial charge on any atom is 0.0782 e. The second-order valence-corrected chi connectivity index (χ2v) is 13.0. The summed E-state index contributed by atoms with van der Waals surface area (Å²) in [5.41, 5.74) is 14.7. The van der Waals surface area contributed by atoms with Gasteiger partial charge in [0.15, 0.2) is 0 Å². The summed E-state index contributed by atoms with van der Waals surface area (Å²) in [5.74, 6) is 0. The van der Waals surface area contributed by atoms with Crippen molar-refractivity contribution in [2.75, 3.05) is 4.90 Å². The molecule has 1 heterocycles. The van der Waals surface area contributed by atoms with E-state index in [0.717, 1.165) is 22.7 Å². The quantitative estimate of drug-likeness (QED) is 0.190. The number of fused-ring (bicyclic) bond motifs is 6. The summed E-state index contributed by atoms with van der Waals surface area (Å²) >= 11 is 0. The van der Waals surface area contributed by atoms with Gasteiger partial charge in [-0.3, -0.25) is 0 Å². The normalized spacial score (nSPS) is 13.1. The third kappa shape index (κ3) is 4.18. The molecule has 47 heavy (non-hydrogen) atoms. The Morgan fingerprint density at radius 3 is 1.94 bits per heavy atom. The average Bonchev–Trinajstić information content (AvgIpc) is 3.58. The molecule has 0 unspecified atom stereocenters. The SMILES string of the molecule is CC1(C)c2ccccc2-c2ccc(N(c3ccccc3)c3cccc4c5ccccc5n(-c5ccccc5-c5ccccc5)c34)cc21. The van der Waals surface area contributed by atoms with Crippen LogP contribution in [0.3, 0.4) is 0 Å². The number of anilines is 3. The smallest absolute Gasteiger partial charge is 0.0782 e. The molecular formula is C45H34N2. The molecule has 0 saturated heterocycles. The molecule has 1 aliphatic carbocycles. The molecule has 2 heteroatoms. The van der Waals surface area contributed by atoms with E-state index in [-0.39, 0.29) is 5.41 Å². The first kappa shape index (κ1) is 27.5. The van der Waals surface area contributed by atoms with Crippen LogP contribution in [0.25, 0.3) is 49.7 Å². The van der Waals surface area contributed by atoms with Gasteiger partial charge in [0.25, 0.3) is 0 Å². The van der Waals surface area contributed by atoms with Gasteiger partial charge in [-0.05, 0) is 70.3 Å². The van der Waals surface area contributed by atoms with Crippen molar-refractivity contribution in [3.8, 4) is 27.9 Å². The molecule has 0 amide bonds. The topological polar surface area (TPSA) is 8.17 Å². The molecule has 2 nitrogen and oxygen atoms in total. The summed E-state index contributed by atoms with van der Waals surface area (Å²) < 4.78 is 2.48. The summed E-state index contributed by atoms with van der Waals surface area (Å²) in [4.78, 5) is 2.45. The Morgan fingerprint density at radius 1 is 0.468 bits per heavy atom. The van der Waals surface area contributed by atoms with Crippen LogP contribution in [0.2, 0.25) is 0 Å². The lowest BCUT2D eigenvalue weighted by Gasteiger charge is -2.29. The molecular weight excluding hydrogens is 569 g/mol. The van der Waals surface area contributed by atoms with Crippen molar-refractivity contribution in [2.45, 2.75) is 19.3 Å². The van der Waals surface area contributed by atoms with Crippen molar-refractivity contribution < 1.29 is 0 Å². The lowest BCUT2D eigenvalue weighted by molar-refractivity contribution is 0.660. The van der Waals surface area contributed by atoms with Crippen LogP contribution in [-0.4, -0.2) is 4.57 Å². The Morgan fingerprint density at radius 2 is 1.11 bits per heavy atom. The van der Waals surface area contributed by atoms with Gasteiger partial charge in [-0.15, -0.1) is 0 Å². The Hall–Kier alpha value is -5.86. The van der Waals surface area contributed by atoms with E-state index in [4.69, 9.17) is 0 Å². The second kappa shape index (κ2) is 10.6. The number of para-hydroxylation sites is 4. The maximum absolute atomic E-state index is 2.48. The summed E-state index contributed by atoms with van der Waals surface area (Å²) in [6, 6.07) is 61.8. The first-order valence-corrected chi connectivity index (χ1v) is 16.4. The second-order valence-electron chi connectivity index (χ2n) is 13.0. The minimum Gasteiger partial charge on any atom is -0.308 e. The zero-order valence-electron chi connectivity index (χ0n) is 26.6. The van der Waals surface area contributed by atoms with Gasteiger partial charge in [-0.25, -0.2) is 0 Å². The molecule has 0 atom stereocenters. The lowest BCUT2D eigenvalue weighted by atomic mass is 9.82. The summed E-state index contributed by atoms with van der Waals surface area (Å²) in [7, 11) is 0. The Kier molecular flexibility index (Phi) is 6.20. The number of benzene rings is 7. The molecule has 0 bridgehead atoms. The van der Waals surface area contributed by atoms with E-state index in [2.05, 4.69) is 193 Å². The Bertz CT molecular complexity index is 2430. The van der Waals surface area contributed by atoms with Crippen molar-refractivity contribution in [1.82, 2.24) is 4.57 Å². The fraction of sp³-hybridized carbons (Fsp3) is 0.0667. The van der Waals surface area contributed by atoms with Crippen molar-refractivity contribution in [3.63, 3.8) is 0 Å². The van der Waals surface area contributed by atoms with Gasteiger partial charge in [0.2, 0.25) is 0 Å². The number of aromatic nitrogens is 1. The molecule has 7 aromatic carbocycles. The van der Waals surface area contributed by atoms with Crippen LogP contribution >= 0.6 is 0 Å². The van der Waals surface area contributed by atoms with E-state index in [1.54, 1.807) is 0 Å². The van der Waals surface area contributed by atoms with Crippen molar-refractivity contribution in [1.29, 1.82) is 0 Å². The van der Waals surface area contributed by atoms with Crippen LogP contribution in [0, 0.1) is 0 Å². The predicted molar refractivity (Wildman–Crippen MR) is 198 cm³/mol. The largest absolute Gasteiger partial charge is 0.308 e. The fourth-order valence-electron chi connectivity index (χ4n) is 7.80. The molecule has 0 fully saturated rings. The lowest BCUT2D eigenvalue weighted by Crippen LogP contribution is -2.17. The maximum atomic E-state index is 2.48. The van der Waals surface area contributed by atoms with E-state index in [9.17, 15) is 0 Å². The van der Waals surface area contributed by atoms with Gasteiger partial charge in [0.05, 0.1) is 22.4 Å². The first-order chi connectivity index (χ1) is 23.1. The van der Waals surface area contributed by atoms with Crippen LogP contribution in [0.1, 0.15) is 25.0 Å². The standard InChI is InChI=1S/C45H34N2/c1-45(2)39-24-12-9-21-35(39)36-29-28-33(30-40(36)45)46(32-18-7-4-8-19-32)43-27-15-23-38-37-22-11-14-26-42(37)47(44(38)43)41-25-13-10-20-34(41)31-16-5-3-6-17-31/h3-30H,1-2H3. The molecule has 0 radical (unpaired) electrons. The van der Waals surface area contributed by atoms with Gasteiger partial charge >= 0.3 is 0 Å². The summed E-state index contributed by atoms with van der Waals surface area (Å²) in [6.07, 6.45) is 0. The highest BCUT2D eigenvalue weighted by Gasteiger charge is 2.36. The number of hydrogen-bond donors (Lipinski definition) is 0. The fourth-order valence-corrected chi connectivity index (χ4v) is 7.80. The highest BCUT2D eigenvalue weighted by molar-refractivity contribution is 6.15. The summed E-state index contributed by atoms with van der Waals surface area (Å²) in [6.45, 7) is 4.71. The van der Waals surface area contributed by atoms with Crippen LogP contribution in [-0.2, 0) is 5.41 Å². The predicted octanol–water partition coefficient (Wildman–Crippen LogP) is 12.2. The molecule has 0 aliphatic heterocycles. The van der Waals surface area contributed by atoms with Crippen LogP contribution in [0.4, 0.5) is 17.1 Å². The van der Waals surface area contributed by atoms with Gasteiger partial charge in [-0.1, -0.05) is 141 Å². The molecule has 1 aromatic heterocycles. The highest BCUT2D eigenvalue weighted by atomic mass is 15.2. The van der Waals surface area contributed by atoms with Crippen molar-refractivity contribution in [3.05, 3.63) is 181 Å². The molecule has 0 saturated carbocycles. The number of hydrogen-bond acceptors (Lipinski definition) is 1. The minimum absolute atomic E-state index is 0.0974. The van der Waals surface area contributed by atoms with Gasteiger partial charge in [-0.2, -0.15) is 0 Å². The van der Waals surface area contributed by atoms with E-state index in [1.165, 1.54) is 55.2 Å². The van der Waals surface area contributed by atoms with Gasteiger partial charge in [0.1, 0.15) is 0 Å². The molecule has 224 valence electrons. The van der Waals surface area contributed by atoms with Gasteiger partial charge in [0, 0.05) is 33.1 Å². The Balaban J connectivity index is 1.35. The molecule has 1 aliphatic rings. The third-order valence-electron chi connectivity index (χ3n) is 9.98. The van der Waals surface area contributed by atoms with E-state index < -0.39 is 0 Å². The molecule has 0 spiro atoms.